The number of carbonyl (C=O) groups excluding carboxylic acids is 1. The van der Waals surface area contributed by atoms with Gasteiger partial charge in [0.25, 0.3) is 0 Å². The van der Waals surface area contributed by atoms with Crippen molar-refractivity contribution in [1.82, 2.24) is 20.3 Å². The lowest BCUT2D eigenvalue weighted by molar-refractivity contribution is -0.137. The molecule has 3 aromatic heterocycles. The van der Waals surface area contributed by atoms with E-state index >= 15 is 0 Å². The van der Waals surface area contributed by atoms with Crippen LogP contribution in [0, 0.1) is 0 Å². The standard InChI is InChI=1S/C19H18F3N5O3S/c1-10(2)29-11-4-5-14(24-7-11)15-9-31-17(26-15)27-16-13(19(20,21)22)6-12(8-25-16)30-18(28)23-3/h4-10H,1-3H3,(H,23,28)(H,25,26,27). The van der Waals surface area contributed by atoms with Crippen LogP contribution in [0.4, 0.5) is 28.9 Å². The first-order valence-corrected chi connectivity index (χ1v) is 9.86. The lowest BCUT2D eigenvalue weighted by Gasteiger charge is -2.13. The topological polar surface area (TPSA) is 98.3 Å². The molecule has 12 heteroatoms. The summed E-state index contributed by atoms with van der Waals surface area (Å²) in [6.45, 7) is 3.79. The molecule has 0 fully saturated rings. The maximum absolute atomic E-state index is 13.5. The lowest BCUT2D eigenvalue weighted by atomic mass is 10.2. The Bertz CT molecular complexity index is 1050. The highest BCUT2D eigenvalue weighted by atomic mass is 32.1. The molecule has 3 rings (SSSR count). The Morgan fingerprint density at radius 2 is 1.87 bits per heavy atom. The fourth-order valence-corrected chi connectivity index (χ4v) is 3.10. The van der Waals surface area contributed by atoms with Gasteiger partial charge in [0.05, 0.1) is 24.2 Å². The Hall–Kier alpha value is -3.41. The van der Waals surface area contributed by atoms with Crippen LogP contribution in [0.25, 0.3) is 11.4 Å². The highest BCUT2D eigenvalue weighted by molar-refractivity contribution is 7.14. The van der Waals surface area contributed by atoms with E-state index in [4.69, 9.17) is 9.47 Å². The summed E-state index contributed by atoms with van der Waals surface area (Å²) in [5, 5.41) is 6.57. The van der Waals surface area contributed by atoms with Crippen LogP contribution in [0.2, 0.25) is 0 Å². The number of thiazole rings is 1. The number of hydrogen-bond donors (Lipinski definition) is 2. The molecule has 0 unspecified atom stereocenters. The van der Waals surface area contributed by atoms with Crippen LogP contribution in [-0.2, 0) is 6.18 Å². The number of alkyl halides is 3. The molecule has 0 saturated heterocycles. The highest BCUT2D eigenvalue weighted by Gasteiger charge is 2.35. The minimum Gasteiger partial charge on any atom is -0.489 e. The van der Waals surface area contributed by atoms with Crippen molar-refractivity contribution in [2.45, 2.75) is 26.1 Å². The number of ether oxygens (including phenoxy) is 2. The van der Waals surface area contributed by atoms with Crippen molar-refractivity contribution in [2.24, 2.45) is 0 Å². The molecule has 8 nitrogen and oxygen atoms in total. The molecule has 0 radical (unpaired) electrons. The van der Waals surface area contributed by atoms with Crippen LogP contribution in [-0.4, -0.2) is 34.2 Å². The molecule has 0 aliphatic rings. The lowest BCUT2D eigenvalue weighted by Crippen LogP contribution is -2.22. The second kappa shape index (κ2) is 9.16. The predicted octanol–water partition coefficient (Wildman–Crippen LogP) is 4.87. The second-order valence-corrected chi connectivity index (χ2v) is 7.27. The van der Waals surface area contributed by atoms with E-state index in [2.05, 4.69) is 25.6 Å². The molecule has 0 aromatic carbocycles. The summed E-state index contributed by atoms with van der Waals surface area (Å²) in [5.74, 6) is -0.207. The number of halogens is 3. The third kappa shape index (κ3) is 5.81. The van der Waals surface area contributed by atoms with E-state index in [1.54, 1.807) is 23.7 Å². The number of amides is 1. The minimum atomic E-state index is -4.73. The van der Waals surface area contributed by atoms with Gasteiger partial charge in [0.2, 0.25) is 0 Å². The van der Waals surface area contributed by atoms with Gasteiger partial charge in [-0.1, -0.05) is 0 Å². The molecule has 2 N–H and O–H groups in total. The number of hydrogen-bond acceptors (Lipinski definition) is 8. The van der Waals surface area contributed by atoms with Crippen LogP contribution in [0.3, 0.4) is 0 Å². The van der Waals surface area contributed by atoms with Crippen molar-refractivity contribution >= 4 is 28.4 Å². The van der Waals surface area contributed by atoms with Crippen molar-refractivity contribution in [3.63, 3.8) is 0 Å². The Morgan fingerprint density at radius 3 is 2.48 bits per heavy atom. The fourth-order valence-electron chi connectivity index (χ4n) is 2.40. The number of pyridine rings is 2. The van der Waals surface area contributed by atoms with E-state index in [1.807, 2.05) is 13.8 Å². The van der Waals surface area contributed by atoms with E-state index < -0.39 is 23.7 Å². The maximum Gasteiger partial charge on any atom is 0.420 e. The third-order valence-corrected chi connectivity index (χ3v) is 4.44. The van der Waals surface area contributed by atoms with Crippen LogP contribution in [0.15, 0.2) is 36.0 Å². The molecule has 31 heavy (non-hydrogen) atoms. The summed E-state index contributed by atoms with van der Waals surface area (Å²) in [6, 6.07) is 4.14. The van der Waals surface area contributed by atoms with Gasteiger partial charge in [0.1, 0.15) is 22.8 Å². The molecule has 0 bridgehead atoms. The monoisotopic (exact) mass is 453 g/mol. The zero-order valence-electron chi connectivity index (χ0n) is 16.6. The third-order valence-electron chi connectivity index (χ3n) is 3.68. The molecule has 3 aromatic rings. The van der Waals surface area contributed by atoms with Crippen molar-refractivity contribution in [3.8, 4) is 22.9 Å². The zero-order valence-corrected chi connectivity index (χ0v) is 17.5. The van der Waals surface area contributed by atoms with Crippen LogP contribution in [0.5, 0.6) is 11.5 Å². The molecule has 0 spiro atoms. The van der Waals surface area contributed by atoms with Gasteiger partial charge in [-0.25, -0.2) is 14.8 Å². The van der Waals surface area contributed by atoms with E-state index in [-0.39, 0.29) is 17.0 Å². The van der Waals surface area contributed by atoms with Crippen LogP contribution < -0.4 is 20.1 Å². The van der Waals surface area contributed by atoms with Gasteiger partial charge >= 0.3 is 12.3 Å². The quantitative estimate of drug-likeness (QED) is 0.550. The normalized spacial score (nSPS) is 11.3. The average molecular weight is 453 g/mol. The Morgan fingerprint density at radius 1 is 1.13 bits per heavy atom. The van der Waals surface area contributed by atoms with Crippen molar-refractivity contribution < 1.29 is 27.4 Å². The van der Waals surface area contributed by atoms with E-state index in [0.717, 1.165) is 17.5 Å². The Labute approximate surface area is 179 Å². The number of aromatic nitrogens is 3. The van der Waals surface area contributed by atoms with Gasteiger partial charge in [0, 0.05) is 12.4 Å². The Kier molecular flexibility index (Phi) is 6.59. The van der Waals surface area contributed by atoms with Gasteiger partial charge in [-0.05, 0) is 32.0 Å². The Balaban J connectivity index is 1.81. The maximum atomic E-state index is 13.5. The van der Waals surface area contributed by atoms with Gasteiger partial charge in [-0.2, -0.15) is 13.2 Å². The summed E-state index contributed by atoms with van der Waals surface area (Å²) in [5.41, 5.74) is -0.0746. The molecule has 3 heterocycles. The molecule has 0 aliphatic heterocycles. The first-order valence-electron chi connectivity index (χ1n) is 8.98. The molecule has 0 atom stereocenters. The van der Waals surface area contributed by atoms with E-state index in [1.165, 1.54) is 7.05 Å². The van der Waals surface area contributed by atoms with Gasteiger partial charge in [-0.15, -0.1) is 11.3 Å². The second-order valence-electron chi connectivity index (χ2n) is 6.41. The molecular formula is C19H18F3N5O3S. The predicted molar refractivity (Wildman–Crippen MR) is 109 cm³/mol. The van der Waals surface area contributed by atoms with Gasteiger partial charge in [-0.3, -0.25) is 4.98 Å². The zero-order chi connectivity index (χ0) is 22.6. The molecule has 0 aliphatic carbocycles. The van der Waals surface area contributed by atoms with Crippen LogP contribution >= 0.6 is 11.3 Å². The SMILES string of the molecule is CNC(=O)Oc1cnc(Nc2nc(-c3ccc(OC(C)C)cn3)cs2)c(C(F)(F)F)c1. The smallest absolute Gasteiger partial charge is 0.420 e. The highest BCUT2D eigenvalue weighted by Crippen LogP contribution is 2.37. The van der Waals surface area contributed by atoms with Crippen molar-refractivity contribution in [3.05, 3.63) is 41.5 Å². The molecular weight excluding hydrogens is 435 g/mol. The summed E-state index contributed by atoms with van der Waals surface area (Å²) in [4.78, 5) is 23.5. The fraction of sp³-hybridized carbons (Fsp3) is 0.263. The first kappa shape index (κ1) is 22.3. The largest absolute Gasteiger partial charge is 0.489 e. The summed E-state index contributed by atoms with van der Waals surface area (Å²) >= 11 is 1.10. The first-order chi connectivity index (χ1) is 14.7. The van der Waals surface area contributed by atoms with E-state index in [0.29, 0.717) is 23.2 Å². The van der Waals surface area contributed by atoms with E-state index in [9.17, 15) is 18.0 Å². The van der Waals surface area contributed by atoms with Gasteiger partial charge < -0.3 is 20.1 Å². The molecule has 0 saturated carbocycles. The molecule has 1 amide bonds. The number of nitrogens with one attached hydrogen (secondary N) is 2. The number of anilines is 2. The van der Waals surface area contributed by atoms with Crippen molar-refractivity contribution in [1.29, 1.82) is 0 Å². The summed E-state index contributed by atoms with van der Waals surface area (Å²) < 4.78 is 50.7. The average Bonchev–Trinajstić information content (AvgIpc) is 3.17. The molecule has 164 valence electrons. The number of carbonyl (C=O) groups is 1. The number of rotatable bonds is 6. The van der Waals surface area contributed by atoms with Gasteiger partial charge in [0.15, 0.2) is 10.9 Å². The van der Waals surface area contributed by atoms with Crippen LogP contribution in [0.1, 0.15) is 19.4 Å². The minimum absolute atomic E-state index is 0.00574. The summed E-state index contributed by atoms with van der Waals surface area (Å²) in [6.07, 6.45) is -3.07. The summed E-state index contributed by atoms with van der Waals surface area (Å²) in [7, 11) is 1.29. The van der Waals surface area contributed by atoms with Crippen molar-refractivity contribution in [2.75, 3.05) is 12.4 Å². The number of nitrogens with zero attached hydrogens (tertiary/aromatic N) is 3.